The summed E-state index contributed by atoms with van der Waals surface area (Å²) in [5.74, 6) is -2.46. The number of rotatable bonds is 6. The lowest BCUT2D eigenvalue weighted by Crippen LogP contribution is -2.33. The van der Waals surface area contributed by atoms with Crippen LogP contribution in [0.15, 0.2) is 60.7 Å². The molecule has 1 saturated heterocycles. The lowest BCUT2D eigenvalue weighted by atomic mass is 9.85. The first-order valence-corrected chi connectivity index (χ1v) is 10.5. The summed E-state index contributed by atoms with van der Waals surface area (Å²) in [5, 5.41) is 10.9. The van der Waals surface area contributed by atoms with Crippen LogP contribution < -0.4 is 4.90 Å². The van der Waals surface area contributed by atoms with E-state index in [0.717, 1.165) is 17.4 Å². The Hall–Kier alpha value is -4.14. The van der Waals surface area contributed by atoms with Crippen molar-refractivity contribution in [1.29, 1.82) is 0 Å². The number of nitro benzene ring substituents is 1. The fraction of sp³-hybridized carbons (Fsp3) is 0.250. The fourth-order valence-electron chi connectivity index (χ4n) is 5.02. The number of allylic oxidation sites excluding steroid dienone is 2. The molecule has 2 amide bonds. The first kappa shape index (κ1) is 20.7. The minimum atomic E-state index is -0.809. The normalized spacial score (nSPS) is 24.8. The summed E-state index contributed by atoms with van der Waals surface area (Å²) in [5.41, 5.74) is 0.179. The molecule has 166 valence electrons. The Morgan fingerprint density at radius 2 is 1.61 bits per heavy atom. The SMILES string of the molecule is O=C(COC(=O)c1cccc(N2C(=O)[C@@H]3[C@H](C2=O)[C@H]2C=C[C@H]3C2)c1)c1cccc([N+](=O)[O-])c1. The fourth-order valence-corrected chi connectivity index (χ4v) is 5.02. The summed E-state index contributed by atoms with van der Waals surface area (Å²) in [7, 11) is 0. The van der Waals surface area contributed by atoms with Crippen molar-refractivity contribution in [1.82, 2.24) is 0 Å². The van der Waals surface area contributed by atoms with Gasteiger partial charge in [0.25, 0.3) is 5.69 Å². The van der Waals surface area contributed by atoms with Gasteiger partial charge in [0.05, 0.1) is 28.0 Å². The number of esters is 1. The Labute approximate surface area is 187 Å². The zero-order chi connectivity index (χ0) is 23.3. The van der Waals surface area contributed by atoms with Crippen molar-refractivity contribution in [2.75, 3.05) is 11.5 Å². The van der Waals surface area contributed by atoms with Gasteiger partial charge in [0, 0.05) is 17.7 Å². The van der Waals surface area contributed by atoms with E-state index in [0.29, 0.717) is 5.69 Å². The highest BCUT2D eigenvalue weighted by Crippen LogP contribution is 2.53. The number of amides is 2. The number of carbonyl (C=O) groups excluding carboxylic acids is 4. The third-order valence-corrected chi connectivity index (χ3v) is 6.52. The lowest BCUT2D eigenvalue weighted by molar-refractivity contribution is -0.384. The molecule has 1 aliphatic heterocycles. The predicted octanol–water partition coefficient (Wildman–Crippen LogP) is 2.95. The van der Waals surface area contributed by atoms with Crippen LogP contribution >= 0.6 is 0 Å². The third-order valence-electron chi connectivity index (χ3n) is 6.52. The van der Waals surface area contributed by atoms with Crippen LogP contribution in [-0.4, -0.2) is 35.1 Å². The molecule has 2 aliphatic carbocycles. The quantitative estimate of drug-likeness (QED) is 0.167. The second kappa shape index (κ2) is 7.77. The van der Waals surface area contributed by atoms with Crippen LogP contribution in [0.2, 0.25) is 0 Å². The van der Waals surface area contributed by atoms with Gasteiger partial charge in [-0.05, 0) is 36.5 Å². The third kappa shape index (κ3) is 3.42. The van der Waals surface area contributed by atoms with Gasteiger partial charge in [0.1, 0.15) is 0 Å². The van der Waals surface area contributed by atoms with Gasteiger partial charge in [-0.15, -0.1) is 0 Å². The number of non-ortho nitro benzene ring substituents is 1. The number of benzene rings is 2. The molecule has 33 heavy (non-hydrogen) atoms. The first-order chi connectivity index (χ1) is 15.8. The molecule has 4 atom stereocenters. The van der Waals surface area contributed by atoms with Gasteiger partial charge in [-0.1, -0.05) is 30.4 Å². The molecule has 2 fully saturated rings. The zero-order valence-corrected chi connectivity index (χ0v) is 17.2. The maximum atomic E-state index is 13.0. The van der Waals surface area contributed by atoms with Crippen molar-refractivity contribution in [3.63, 3.8) is 0 Å². The number of imide groups is 1. The topological polar surface area (TPSA) is 124 Å². The Bertz CT molecular complexity index is 1220. The number of hydrogen-bond acceptors (Lipinski definition) is 7. The molecule has 2 bridgehead atoms. The Morgan fingerprint density at radius 1 is 0.970 bits per heavy atom. The summed E-state index contributed by atoms with van der Waals surface area (Å²) < 4.78 is 5.08. The largest absolute Gasteiger partial charge is 0.454 e. The number of carbonyl (C=O) groups is 4. The number of nitro groups is 1. The van der Waals surface area contributed by atoms with Crippen LogP contribution in [0.4, 0.5) is 11.4 Å². The molecule has 2 aromatic carbocycles. The monoisotopic (exact) mass is 446 g/mol. The van der Waals surface area contributed by atoms with Crippen molar-refractivity contribution in [2.24, 2.45) is 23.7 Å². The van der Waals surface area contributed by atoms with Crippen LogP contribution in [0.3, 0.4) is 0 Å². The Morgan fingerprint density at radius 3 is 2.27 bits per heavy atom. The number of Topliss-reactive ketones (excluding diaryl/α,β-unsaturated/α-hetero) is 1. The number of fused-ring (bicyclic) bond motifs is 5. The van der Waals surface area contributed by atoms with E-state index in [9.17, 15) is 29.3 Å². The molecule has 5 rings (SSSR count). The molecule has 1 heterocycles. The predicted molar refractivity (Wildman–Crippen MR) is 114 cm³/mol. The van der Waals surface area contributed by atoms with E-state index in [-0.39, 0.29) is 52.3 Å². The Kier molecular flexibility index (Phi) is 4.88. The molecule has 9 nitrogen and oxygen atoms in total. The average Bonchev–Trinajstić information content (AvgIpc) is 3.51. The van der Waals surface area contributed by atoms with Gasteiger partial charge in [0.2, 0.25) is 17.6 Å². The Balaban J connectivity index is 1.29. The second-order valence-electron chi connectivity index (χ2n) is 8.37. The maximum absolute atomic E-state index is 13.0. The second-order valence-corrected chi connectivity index (χ2v) is 8.37. The number of nitrogens with zero attached hydrogens (tertiary/aromatic N) is 2. The van der Waals surface area contributed by atoms with Crippen LogP contribution in [0.25, 0.3) is 0 Å². The molecular formula is C24H18N2O7. The van der Waals surface area contributed by atoms with E-state index in [4.69, 9.17) is 4.74 Å². The van der Waals surface area contributed by atoms with Crippen molar-refractivity contribution < 1.29 is 28.8 Å². The molecule has 3 aliphatic rings. The first-order valence-electron chi connectivity index (χ1n) is 10.5. The molecule has 2 aromatic rings. The molecule has 0 N–H and O–H groups in total. The van der Waals surface area contributed by atoms with Crippen LogP contribution in [0, 0.1) is 33.8 Å². The average molecular weight is 446 g/mol. The van der Waals surface area contributed by atoms with Gasteiger partial charge in [-0.25, -0.2) is 9.69 Å². The van der Waals surface area contributed by atoms with Crippen LogP contribution in [0.5, 0.6) is 0 Å². The smallest absolute Gasteiger partial charge is 0.338 e. The van der Waals surface area contributed by atoms with Crippen LogP contribution in [-0.2, 0) is 14.3 Å². The van der Waals surface area contributed by atoms with Gasteiger partial charge in [-0.3, -0.25) is 24.5 Å². The number of anilines is 1. The summed E-state index contributed by atoms with van der Waals surface area (Å²) in [6.07, 6.45) is 4.84. The minimum Gasteiger partial charge on any atom is -0.454 e. The van der Waals surface area contributed by atoms with E-state index < -0.39 is 23.3 Å². The molecule has 1 saturated carbocycles. The van der Waals surface area contributed by atoms with E-state index >= 15 is 0 Å². The highest BCUT2D eigenvalue weighted by molar-refractivity contribution is 6.23. The van der Waals surface area contributed by atoms with Crippen LogP contribution in [0.1, 0.15) is 27.1 Å². The zero-order valence-electron chi connectivity index (χ0n) is 17.2. The van der Waals surface area contributed by atoms with E-state index in [2.05, 4.69) is 0 Å². The number of ketones is 1. The number of ether oxygens (including phenoxy) is 1. The lowest BCUT2D eigenvalue weighted by Gasteiger charge is -2.18. The van der Waals surface area contributed by atoms with Gasteiger partial charge in [-0.2, -0.15) is 0 Å². The van der Waals surface area contributed by atoms with Gasteiger partial charge in [0.15, 0.2) is 6.61 Å². The van der Waals surface area contributed by atoms with E-state index in [1.54, 1.807) is 6.07 Å². The summed E-state index contributed by atoms with van der Waals surface area (Å²) >= 11 is 0. The van der Waals surface area contributed by atoms with Crippen molar-refractivity contribution in [3.8, 4) is 0 Å². The standard InChI is InChI=1S/C24H18N2O7/c27-19(13-3-1-6-18(10-13)26(31)32)12-33-24(30)16-4-2-5-17(11-16)25-22(28)20-14-7-8-15(9-14)21(20)23(25)29/h1-8,10-11,14-15,20-21H,9,12H2/t14-,15-,20-,21+/m0/s1. The van der Waals surface area contributed by atoms with Gasteiger partial charge >= 0.3 is 5.97 Å². The minimum absolute atomic E-state index is 0.0498. The van der Waals surface area contributed by atoms with Crippen molar-refractivity contribution >= 4 is 34.9 Å². The molecule has 0 radical (unpaired) electrons. The summed E-state index contributed by atoms with van der Waals surface area (Å²) in [4.78, 5) is 62.2. The van der Waals surface area contributed by atoms with Crippen molar-refractivity contribution in [3.05, 3.63) is 81.9 Å². The van der Waals surface area contributed by atoms with Crippen molar-refractivity contribution in [2.45, 2.75) is 6.42 Å². The molecular weight excluding hydrogens is 428 g/mol. The molecule has 0 spiro atoms. The number of hydrogen-bond donors (Lipinski definition) is 0. The maximum Gasteiger partial charge on any atom is 0.338 e. The van der Waals surface area contributed by atoms with E-state index in [1.165, 1.54) is 36.4 Å². The summed E-state index contributed by atoms with van der Waals surface area (Å²) in [6.45, 7) is -0.606. The van der Waals surface area contributed by atoms with Gasteiger partial charge < -0.3 is 4.74 Å². The highest BCUT2D eigenvalue weighted by atomic mass is 16.6. The summed E-state index contributed by atoms with van der Waals surface area (Å²) in [6, 6.07) is 11.1. The molecule has 0 unspecified atom stereocenters. The molecule has 9 heteroatoms. The van der Waals surface area contributed by atoms with E-state index in [1.807, 2.05) is 12.2 Å². The highest BCUT2D eigenvalue weighted by Gasteiger charge is 2.59. The molecule has 0 aromatic heterocycles.